The van der Waals surface area contributed by atoms with E-state index in [1.54, 1.807) is 13.8 Å². The Kier molecular flexibility index (Phi) is 9.48. The summed E-state index contributed by atoms with van der Waals surface area (Å²) < 4.78 is 15.0. The maximum absolute atomic E-state index is 15.0. The molecule has 9 nitrogen and oxygen atoms in total. The summed E-state index contributed by atoms with van der Waals surface area (Å²) in [5.74, 6) is -1.67. The predicted molar refractivity (Wildman–Crippen MR) is 143 cm³/mol. The van der Waals surface area contributed by atoms with E-state index >= 15 is 0 Å². The van der Waals surface area contributed by atoms with Gasteiger partial charge in [-0.05, 0) is 44.9 Å². The van der Waals surface area contributed by atoms with Gasteiger partial charge in [-0.25, -0.2) is 4.39 Å². The van der Waals surface area contributed by atoms with Gasteiger partial charge in [-0.15, -0.1) is 13.2 Å². The van der Waals surface area contributed by atoms with E-state index in [-0.39, 0.29) is 23.0 Å². The molecular weight excluding hydrogens is 473 g/mol. The van der Waals surface area contributed by atoms with Gasteiger partial charge in [0.05, 0.1) is 23.6 Å². The molecule has 0 saturated heterocycles. The minimum atomic E-state index is -0.851. The van der Waals surface area contributed by atoms with Crippen molar-refractivity contribution in [3.05, 3.63) is 67.1 Å². The molecule has 10 heteroatoms. The molecule has 1 saturated carbocycles. The monoisotopic (exact) mass is 507 g/mol. The van der Waals surface area contributed by atoms with E-state index in [1.165, 1.54) is 36.7 Å². The number of aromatic amines is 1. The van der Waals surface area contributed by atoms with Crippen molar-refractivity contribution in [2.75, 3.05) is 5.32 Å². The highest BCUT2D eigenvalue weighted by Gasteiger charge is 2.32. The molecule has 3 rings (SSSR count). The summed E-state index contributed by atoms with van der Waals surface area (Å²) in [7, 11) is 0. The Hall–Kier alpha value is -4.08. The van der Waals surface area contributed by atoms with Gasteiger partial charge in [0, 0.05) is 17.3 Å². The summed E-state index contributed by atoms with van der Waals surface area (Å²) in [6, 6.07) is -0.126. The molecule has 2 amide bonds. The van der Waals surface area contributed by atoms with Crippen LogP contribution in [0.3, 0.4) is 0 Å². The standard InChI is InChI=1S/C27H34FN7O2/c1-5-19(6-2)31-22(12-13-29)26(36)33-24(18-10-8-7-9-11-18)27(37)32-20-14-21(28)25(30-15-20)23-16(3)34-35-17(23)4/h5-6,12-15,18-19,24H,1-2,7-11,29H2,3-4H3,(H,32,37)(H,33,36)(H,34,35)/b13-12-,31-22?/t24-/m0/s1. The van der Waals surface area contributed by atoms with Crippen molar-refractivity contribution in [1.82, 2.24) is 20.5 Å². The van der Waals surface area contributed by atoms with E-state index in [4.69, 9.17) is 5.73 Å². The Bertz CT molecular complexity index is 1180. The van der Waals surface area contributed by atoms with Crippen LogP contribution in [-0.4, -0.2) is 44.8 Å². The van der Waals surface area contributed by atoms with Crippen LogP contribution < -0.4 is 16.4 Å². The van der Waals surface area contributed by atoms with Gasteiger partial charge in [0.2, 0.25) is 5.91 Å². The van der Waals surface area contributed by atoms with Gasteiger partial charge < -0.3 is 16.4 Å². The van der Waals surface area contributed by atoms with Crippen molar-refractivity contribution in [3.8, 4) is 11.3 Å². The molecule has 0 unspecified atom stereocenters. The average Bonchev–Trinajstić information content (AvgIpc) is 3.23. The fourth-order valence-corrected chi connectivity index (χ4v) is 4.52. The topological polar surface area (TPSA) is 138 Å². The Morgan fingerprint density at radius 1 is 1.24 bits per heavy atom. The van der Waals surface area contributed by atoms with E-state index in [9.17, 15) is 14.0 Å². The molecule has 2 heterocycles. The van der Waals surface area contributed by atoms with Crippen molar-refractivity contribution in [2.45, 2.75) is 58.0 Å². The molecular formula is C27H34FN7O2. The second-order valence-electron chi connectivity index (χ2n) is 9.04. The number of nitrogens with two attached hydrogens (primary N) is 1. The fourth-order valence-electron chi connectivity index (χ4n) is 4.52. The number of rotatable bonds is 10. The number of hydrogen-bond donors (Lipinski definition) is 4. The smallest absolute Gasteiger partial charge is 0.270 e. The zero-order chi connectivity index (χ0) is 26.9. The lowest BCUT2D eigenvalue weighted by atomic mass is 9.83. The normalized spacial score (nSPS) is 15.5. The zero-order valence-corrected chi connectivity index (χ0v) is 21.3. The molecule has 37 heavy (non-hydrogen) atoms. The summed E-state index contributed by atoms with van der Waals surface area (Å²) in [6.07, 6.45) is 11.6. The zero-order valence-electron chi connectivity index (χ0n) is 21.3. The molecule has 196 valence electrons. The fraction of sp³-hybridized carbons (Fsp3) is 0.370. The number of nitrogens with one attached hydrogen (secondary N) is 3. The molecule has 0 spiro atoms. The van der Waals surface area contributed by atoms with E-state index < -0.39 is 29.7 Å². The lowest BCUT2D eigenvalue weighted by molar-refractivity contribution is -0.124. The van der Waals surface area contributed by atoms with Gasteiger partial charge in [0.1, 0.15) is 17.4 Å². The first-order valence-electron chi connectivity index (χ1n) is 12.3. The Morgan fingerprint density at radius 2 is 1.95 bits per heavy atom. The Labute approximate surface area is 216 Å². The lowest BCUT2D eigenvalue weighted by Gasteiger charge is -2.30. The number of aromatic nitrogens is 3. The molecule has 1 fully saturated rings. The van der Waals surface area contributed by atoms with Crippen molar-refractivity contribution in [2.24, 2.45) is 16.6 Å². The van der Waals surface area contributed by atoms with Crippen molar-refractivity contribution in [3.63, 3.8) is 0 Å². The summed E-state index contributed by atoms with van der Waals surface area (Å²) in [4.78, 5) is 35.1. The van der Waals surface area contributed by atoms with E-state index in [2.05, 4.69) is 44.0 Å². The first-order valence-corrected chi connectivity index (χ1v) is 12.3. The van der Waals surface area contributed by atoms with Gasteiger partial charge >= 0.3 is 0 Å². The van der Waals surface area contributed by atoms with Crippen LogP contribution in [0.5, 0.6) is 0 Å². The highest BCUT2D eigenvalue weighted by molar-refractivity contribution is 6.43. The van der Waals surface area contributed by atoms with Crippen molar-refractivity contribution >= 4 is 23.2 Å². The molecule has 0 bridgehead atoms. The Balaban J connectivity index is 1.84. The summed E-state index contributed by atoms with van der Waals surface area (Å²) in [6.45, 7) is 10.9. The number of anilines is 1. The molecule has 1 atom stereocenters. The van der Waals surface area contributed by atoms with E-state index in [0.29, 0.717) is 17.0 Å². The summed E-state index contributed by atoms with van der Waals surface area (Å²) >= 11 is 0. The third kappa shape index (κ3) is 6.78. The van der Waals surface area contributed by atoms with Crippen molar-refractivity contribution < 1.29 is 14.0 Å². The SMILES string of the molecule is C=CC(C=C)N=C(/C=C\N)C(=O)N[C@H](C(=O)Nc1cnc(-c2c(C)n[nH]c2C)c(F)c1)C1CCCCC1. The summed E-state index contributed by atoms with van der Waals surface area (Å²) in [5.41, 5.74) is 7.80. The molecule has 1 aliphatic carbocycles. The van der Waals surface area contributed by atoms with Gasteiger partial charge in [-0.3, -0.25) is 24.7 Å². The molecule has 0 aromatic carbocycles. The van der Waals surface area contributed by atoms with Crippen LogP contribution in [0.25, 0.3) is 11.3 Å². The lowest BCUT2D eigenvalue weighted by Crippen LogP contribution is -2.50. The van der Waals surface area contributed by atoms with Crippen LogP contribution in [0.1, 0.15) is 43.5 Å². The highest BCUT2D eigenvalue weighted by Crippen LogP contribution is 2.29. The van der Waals surface area contributed by atoms with Crippen LogP contribution in [0, 0.1) is 25.6 Å². The first kappa shape index (κ1) is 27.5. The van der Waals surface area contributed by atoms with Gasteiger partial charge in [-0.2, -0.15) is 5.10 Å². The van der Waals surface area contributed by atoms with Crippen LogP contribution in [0.4, 0.5) is 10.1 Å². The minimum Gasteiger partial charge on any atom is -0.405 e. The minimum absolute atomic E-state index is 0.0452. The van der Waals surface area contributed by atoms with Gasteiger partial charge in [0.25, 0.3) is 5.91 Å². The number of pyridine rings is 1. The number of H-pyrrole nitrogens is 1. The number of aliphatic imine (C=N–C) groups is 1. The number of carbonyl (C=O) groups is 2. The van der Waals surface area contributed by atoms with Gasteiger partial charge in [-0.1, -0.05) is 31.4 Å². The van der Waals surface area contributed by atoms with Crippen molar-refractivity contribution in [1.29, 1.82) is 0 Å². The average molecular weight is 508 g/mol. The molecule has 5 N–H and O–H groups in total. The number of carbonyl (C=O) groups excluding carboxylic acids is 2. The number of hydrogen-bond acceptors (Lipinski definition) is 6. The molecule has 0 radical (unpaired) electrons. The third-order valence-electron chi connectivity index (χ3n) is 6.42. The maximum Gasteiger partial charge on any atom is 0.270 e. The molecule has 2 aromatic heterocycles. The third-order valence-corrected chi connectivity index (χ3v) is 6.42. The van der Waals surface area contributed by atoms with Crippen LogP contribution in [-0.2, 0) is 9.59 Å². The quantitative estimate of drug-likeness (QED) is 0.286. The van der Waals surface area contributed by atoms with E-state index in [1.807, 2.05) is 0 Å². The Morgan fingerprint density at radius 3 is 2.51 bits per heavy atom. The molecule has 0 aliphatic heterocycles. The molecule has 1 aliphatic rings. The predicted octanol–water partition coefficient (Wildman–Crippen LogP) is 3.89. The van der Waals surface area contributed by atoms with E-state index in [0.717, 1.165) is 32.1 Å². The number of amides is 2. The maximum atomic E-state index is 15.0. The summed E-state index contributed by atoms with van der Waals surface area (Å²) in [5, 5.41) is 12.5. The van der Waals surface area contributed by atoms with Crippen LogP contribution >= 0.6 is 0 Å². The van der Waals surface area contributed by atoms with Gasteiger partial charge in [0.15, 0.2) is 5.82 Å². The first-order chi connectivity index (χ1) is 17.8. The second-order valence-corrected chi connectivity index (χ2v) is 9.04. The highest BCUT2D eigenvalue weighted by atomic mass is 19.1. The van der Waals surface area contributed by atoms with Crippen LogP contribution in [0.15, 0.2) is 54.8 Å². The molecule has 2 aromatic rings. The number of halogens is 1. The second kappa shape index (κ2) is 12.8. The number of aryl methyl sites for hydroxylation is 2. The number of nitrogens with zero attached hydrogens (tertiary/aromatic N) is 3. The largest absolute Gasteiger partial charge is 0.405 e. The van der Waals surface area contributed by atoms with Crippen LogP contribution in [0.2, 0.25) is 0 Å².